The maximum atomic E-state index is 10.6. The summed E-state index contributed by atoms with van der Waals surface area (Å²) in [5, 5.41) is 25.0. The molecule has 0 atom stereocenters. The highest BCUT2D eigenvalue weighted by Crippen LogP contribution is 2.20. The third-order valence-corrected chi connectivity index (χ3v) is 5.04. The Kier molecular flexibility index (Phi) is 16.4. The van der Waals surface area contributed by atoms with Crippen molar-refractivity contribution in [2.24, 2.45) is 10.2 Å². The fourth-order valence-corrected chi connectivity index (χ4v) is 2.96. The Morgan fingerprint density at radius 1 is 0.881 bits per heavy atom. The highest BCUT2D eigenvalue weighted by Gasteiger charge is 2.38. The SMILES string of the molecule is CN(C)CCCn1cc[n+](CCCN(C)C)c1/N=N/c1ccc(N(C)C)cc1.O=C(O)C(F)(F)F.O=C([O-])C(F)(F)F. The molecule has 0 saturated carbocycles. The summed E-state index contributed by atoms with van der Waals surface area (Å²) in [6.07, 6.45) is -3.87. The van der Waals surface area contributed by atoms with Crippen LogP contribution in [0.15, 0.2) is 46.9 Å². The lowest BCUT2D eigenvalue weighted by molar-refractivity contribution is -0.684. The summed E-state index contributed by atoms with van der Waals surface area (Å²) < 4.78 is 67.7. The second-order valence-electron chi connectivity index (χ2n) is 9.50. The number of anilines is 1. The number of carbonyl (C=O) groups is 2. The van der Waals surface area contributed by atoms with Gasteiger partial charge in [0.15, 0.2) is 0 Å². The fourth-order valence-electron chi connectivity index (χ4n) is 2.96. The quantitative estimate of drug-likeness (QED) is 0.235. The van der Waals surface area contributed by atoms with Gasteiger partial charge in [0.05, 0.1) is 25.5 Å². The number of hydrogen-bond donors (Lipinski definition) is 1. The minimum Gasteiger partial charge on any atom is -0.542 e. The van der Waals surface area contributed by atoms with E-state index in [-0.39, 0.29) is 0 Å². The predicted molar refractivity (Wildman–Crippen MR) is 141 cm³/mol. The standard InChI is InChI=1S/C21H36N7.2C2HF3O2/c1-24(2)13-7-15-27-17-18-28(16-8-14-25(3)4)21(27)23-22-19-9-11-20(12-10-19)26(5)6;2*3-2(4,5)1(6)7/h9-12,17-18H,7-8,13-16H2,1-6H3;2*(H,6,7)/q+1;;/p-1. The molecule has 0 unspecified atom stereocenters. The molecule has 0 amide bonds. The summed E-state index contributed by atoms with van der Waals surface area (Å²) in [5.41, 5.74) is 2.02. The van der Waals surface area contributed by atoms with Crippen molar-refractivity contribution in [3.63, 3.8) is 0 Å². The van der Waals surface area contributed by atoms with Crippen LogP contribution in [0.4, 0.5) is 43.7 Å². The van der Waals surface area contributed by atoms with Crippen molar-refractivity contribution in [2.45, 2.75) is 38.3 Å². The van der Waals surface area contributed by atoms with Crippen LogP contribution < -0.4 is 14.6 Å². The van der Waals surface area contributed by atoms with Crippen LogP contribution in [0.25, 0.3) is 0 Å². The van der Waals surface area contributed by atoms with Gasteiger partial charge >= 0.3 is 24.3 Å². The summed E-state index contributed by atoms with van der Waals surface area (Å²) >= 11 is 0. The number of carboxylic acids is 2. The summed E-state index contributed by atoms with van der Waals surface area (Å²) in [7, 11) is 12.5. The van der Waals surface area contributed by atoms with Crippen molar-refractivity contribution < 1.29 is 50.7 Å². The highest BCUT2D eigenvalue weighted by molar-refractivity contribution is 5.73. The average Bonchev–Trinajstić information content (AvgIpc) is 3.23. The molecular weight excluding hydrogens is 576 g/mol. The molecule has 0 saturated heterocycles. The van der Waals surface area contributed by atoms with Crippen LogP contribution in [-0.2, 0) is 22.7 Å². The number of carbonyl (C=O) groups excluding carboxylic acids is 1. The number of aryl methyl sites for hydroxylation is 2. The van der Waals surface area contributed by atoms with Gasteiger partial charge in [-0.2, -0.15) is 26.3 Å². The summed E-state index contributed by atoms with van der Waals surface area (Å²) in [6, 6.07) is 8.15. The number of hydrogen-bond acceptors (Lipinski definition) is 8. The third kappa shape index (κ3) is 16.5. The number of nitrogens with zero attached hydrogens (tertiary/aromatic N) is 7. The Morgan fingerprint density at radius 2 is 1.36 bits per heavy atom. The minimum atomic E-state index is -5.19. The lowest BCUT2D eigenvalue weighted by Gasteiger charge is -2.11. The van der Waals surface area contributed by atoms with Crippen LogP contribution in [0.5, 0.6) is 0 Å². The Balaban J connectivity index is 0.000000990. The van der Waals surface area contributed by atoms with E-state index in [1.54, 1.807) is 0 Å². The number of imidazole rings is 1. The van der Waals surface area contributed by atoms with E-state index in [0.717, 1.165) is 56.3 Å². The molecule has 1 aromatic heterocycles. The first-order chi connectivity index (χ1) is 19.2. The zero-order chi connectivity index (χ0) is 32.7. The first-order valence-corrected chi connectivity index (χ1v) is 12.4. The number of aromatic nitrogens is 2. The molecule has 11 nitrogen and oxygen atoms in total. The lowest BCUT2D eigenvalue weighted by Crippen LogP contribution is -2.37. The smallest absolute Gasteiger partial charge is 0.490 e. The Hall–Kier alpha value is -3.73. The van der Waals surface area contributed by atoms with Gasteiger partial charge in [0.1, 0.15) is 11.7 Å². The zero-order valence-corrected chi connectivity index (χ0v) is 24.3. The molecule has 0 aliphatic rings. The lowest BCUT2D eigenvalue weighted by atomic mass is 10.3. The van der Waals surface area contributed by atoms with Crippen LogP contribution in [0, 0.1) is 0 Å². The molecule has 0 aliphatic heterocycles. The van der Waals surface area contributed by atoms with E-state index in [1.807, 2.05) is 26.2 Å². The molecule has 1 N–H and O–H groups in total. The first kappa shape index (κ1) is 38.3. The van der Waals surface area contributed by atoms with Gasteiger partial charge in [0, 0.05) is 38.0 Å². The molecular formula is C25H37F6N7O4. The van der Waals surface area contributed by atoms with Crippen molar-refractivity contribution in [2.75, 3.05) is 60.3 Å². The molecule has 238 valence electrons. The summed E-state index contributed by atoms with van der Waals surface area (Å²) in [4.78, 5) is 24.2. The number of halogens is 6. The molecule has 17 heteroatoms. The number of benzene rings is 1. The summed E-state index contributed by atoms with van der Waals surface area (Å²) in [6.45, 7) is 3.99. The predicted octanol–water partition coefficient (Wildman–Crippen LogP) is 3.09. The maximum Gasteiger partial charge on any atom is 0.490 e. The molecule has 2 aromatic rings. The Morgan fingerprint density at radius 3 is 1.76 bits per heavy atom. The number of carboxylic acid groups (broad SMARTS) is 2. The monoisotopic (exact) mass is 613 g/mol. The second-order valence-corrected chi connectivity index (χ2v) is 9.50. The molecule has 42 heavy (non-hydrogen) atoms. The van der Waals surface area contributed by atoms with E-state index in [4.69, 9.17) is 19.8 Å². The molecule has 0 fully saturated rings. The van der Waals surface area contributed by atoms with E-state index < -0.39 is 24.3 Å². The molecule has 0 aliphatic carbocycles. The van der Waals surface area contributed by atoms with Gasteiger partial charge in [-0.1, -0.05) is 5.11 Å². The minimum absolute atomic E-state index is 0.867. The fraction of sp³-hybridized carbons (Fsp3) is 0.560. The normalized spacial score (nSPS) is 11.7. The largest absolute Gasteiger partial charge is 0.542 e. The van der Waals surface area contributed by atoms with Crippen LogP contribution >= 0.6 is 0 Å². The Bertz CT molecular complexity index is 1060. The van der Waals surface area contributed by atoms with Crippen molar-refractivity contribution in [1.29, 1.82) is 0 Å². The van der Waals surface area contributed by atoms with Gasteiger partial charge in [-0.05, 0) is 65.3 Å². The highest BCUT2D eigenvalue weighted by atomic mass is 19.4. The second kappa shape index (κ2) is 17.9. The van der Waals surface area contributed by atoms with Gasteiger partial charge in [-0.25, -0.2) is 13.9 Å². The van der Waals surface area contributed by atoms with E-state index in [0.29, 0.717) is 0 Å². The Labute approximate surface area is 240 Å². The van der Waals surface area contributed by atoms with Crippen molar-refractivity contribution >= 4 is 29.3 Å². The van der Waals surface area contributed by atoms with E-state index in [9.17, 15) is 26.3 Å². The number of aliphatic carboxylic acids is 2. The molecule has 0 spiro atoms. The number of azo groups is 1. The van der Waals surface area contributed by atoms with E-state index in [1.165, 1.54) is 0 Å². The third-order valence-electron chi connectivity index (χ3n) is 5.04. The van der Waals surface area contributed by atoms with Crippen LogP contribution in [0.2, 0.25) is 0 Å². The van der Waals surface area contributed by atoms with Crippen molar-refractivity contribution in [1.82, 2.24) is 14.4 Å². The number of rotatable bonds is 11. The van der Waals surface area contributed by atoms with Gasteiger partial charge in [-0.3, -0.25) is 0 Å². The average molecular weight is 614 g/mol. The van der Waals surface area contributed by atoms with Crippen LogP contribution in [-0.4, -0.2) is 99.1 Å². The van der Waals surface area contributed by atoms with Crippen molar-refractivity contribution in [3.8, 4) is 0 Å². The first-order valence-electron chi connectivity index (χ1n) is 12.4. The maximum absolute atomic E-state index is 10.6. The van der Waals surface area contributed by atoms with Gasteiger partial charge in [0.2, 0.25) is 0 Å². The number of alkyl halides is 6. The molecule has 0 bridgehead atoms. The van der Waals surface area contributed by atoms with E-state index in [2.05, 4.69) is 86.8 Å². The van der Waals surface area contributed by atoms with Crippen LogP contribution in [0.3, 0.4) is 0 Å². The molecule has 0 radical (unpaired) electrons. The van der Waals surface area contributed by atoms with Gasteiger partial charge < -0.3 is 29.7 Å². The van der Waals surface area contributed by atoms with Gasteiger partial charge in [-0.15, -0.1) is 0 Å². The van der Waals surface area contributed by atoms with Crippen LogP contribution in [0.1, 0.15) is 12.8 Å². The molecule has 1 aromatic carbocycles. The topological polar surface area (TPSA) is 121 Å². The zero-order valence-electron chi connectivity index (χ0n) is 24.3. The molecule has 2 rings (SSSR count). The van der Waals surface area contributed by atoms with Gasteiger partial charge in [0.25, 0.3) is 0 Å². The molecule has 1 heterocycles. The van der Waals surface area contributed by atoms with Crippen molar-refractivity contribution in [3.05, 3.63) is 36.7 Å². The summed E-state index contributed by atoms with van der Waals surface area (Å²) in [5.74, 6) is -4.85. The van der Waals surface area contributed by atoms with E-state index >= 15 is 0 Å².